The molecular formula is C47H83NO5. The Morgan fingerprint density at radius 3 is 1.58 bits per heavy atom. The van der Waals surface area contributed by atoms with Crippen LogP contribution < -0.4 is 5.32 Å². The quantitative estimate of drug-likeness (QED) is 0.0333. The van der Waals surface area contributed by atoms with Crippen LogP contribution in [-0.4, -0.2) is 46.9 Å². The fraction of sp³-hybridized carbons (Fsp3) is 0.745. The highest BCUT2D eigenvalue weighted by Crippen LogP contribution is 2.16. The Labute approximate surface area is 327 Å². The van der Waals surface area contributed by atoms with Gasteiger partial charge in [-0.2, -0.15) is 0 Å². The van der Waals surface area contributed by atoms with E-state index in [-0.39, 0.29) is 24.9 Å². The number of amides is 1. The molecule has 3 atom stereocenters. The number of hydrogen-bond acceptors (Lipinski definition) is 5. The van der Waals surface area contributed by atoms with Crippen LogP contribution in [0.1, 0.15) is 201 Å². The second kappa shape index (κ2) is 40.7. The van der Waals surface area contributed by atoms with Gasteiger partial charge in [-0.3, -0.25) is 9.59 Å². The van der Waals surface area contributed by atoms with Gasteiger partial charge in [0.2, 0.25) is 5.91 Å². The van der Waals surface area contributed by atoms with Gasteiger partial charge in [-0.05, 0) is 83.5 Å². The molecule has 0 heterocycles. The second-order valence-electron chi connectivity index (χ2n) is 14.7. The number of nitrogens with one attached hydrogen (secondary N) is 1. The summed E-state index contributed by atoms with van der Waals surface area (Å²) in [5, 5.41) is 23.5. The molecule has 3 unspecified atom stereocenters. The first-order valence-corrected chi connectivity index (χ1v) is 22.0. The van der Waals surface area contributed by atoms with Gasteiger partial charge in [-0.15, -0.1) is 0 Å². The highest BCUT2D eigenvalue weighted by molar-refractivity contribution is 5.77. The van der Waals surface area contributed by atoms with Crippen LogP contribution in [0.15, 0.2) is 60.8 Å². The third kappa shape index (κ3) is 36.3. The number of aliphatic hydroxyl groups is 2. The Balaban J connectivity index is 4.61. The lowest BCUT2D eigenvalue weighted by molar-refractivity contribution is -0.151. The van der Waals surface area contributed by atoms with Crippen molar-refractivity contribution in [3.63, 3.8) is 0 Å². The van der Waals surface area contributed by atoms with E-state index in [0.717, 1.165) is 83.5 Å². The lowest BCUT2D eigenvalue weighted by atomic mass is 10.0. The number of rotatable bonds is 38. The lowest BCUT2D eigenvalue weighted by Gasteiger charge is -2.24. The van der Waals surface area contributed by atoms with E-state index in [1.807, 2.05) is 0 Å². The number of carbonyl (C=O) groups excluding carboxylic acids is 2. The summed E-state index contributed by atoms with van der Waals surface area (Å²) in [4.78, 5) is 25.8. The molecule has 0 aromatic rings. The Morgan fingerprint density at radius 1 is 0.547 bits per heavy atom. The molecule has 0 aliphatic carbocycles. The van der Waals surface area contributed by atoms with Crippen molar-refractivity contribution < 1.29 is 24.5 Å². The van der Waals surface area contributed by atoms with E-state index in [1.165, 1.54) is 64.2 Å². The van der Waals surface area contributed by atoms with Gasteiger partial charge >= 0.3 is 5.97 Å². The summed E-state index contributed by atoms with van der Waals surface area (Å²) in [5.74, 6) is -0.568. The SMILES string of the molecule is CCC/C=C\CCCCCC(CC(=O)NC(CO)C(O)CCCCCCCCCCC)OC(=O)CCC/C=C\C/C=C\C/C=C\C/C=C\CCCCC. The Bertz CT molecular complexity index is 968. The van der Waals surface area contributed by atoms with Crippen molar-refractivity contribution >= 4 is 11.9 Å². The zero-order valence-electron chi connectivity index (χ0n) is 34.6. The van der Waals surface area contributed by atoms with Gasteiger partial charge in [0, 0.05) is 6.42 Å². The third-order valence-corrected chi connectivity index (χ3v) is 9.55. The molecule has 0 spiro atoms. The van der Waals surface area contributed by atoms with Crippen molar-refractivity contribution in [2.24, 2.45) is 0 Å². The van der Waals surface area contributed by atoms with Gasteiger partial charge in [0.05, 0.1) is 25.2 Å². The average molecular weight is 742 g/mol. The standard InChI is InChI=1S/C47H83NO5/c1-4-7-10-13-16-19-20-21-22-23-24-25-26-28-31-34-37-40-47(52)53-43(38-35-32-29-18-15-12-9-6-3)41-46(51)48-44(42-49)45(50)39-36-33-30-27-17-14-11-8-5-2/h12,15-16,19,21-22,24-25,28,31,43-45,49-50H,4-11,13-14,17-18,20,23,26-27,29-30,32-42H2,1-3H3,(H,48,51)/b15-12-,19-16-,22-21-,25-24-,31-28-. The number of esters is 1. The summed E-state index contributed by atoms with van der Waals surface area (Å²) >= 11 is 0. The van der Waals surface area contributed by atoms with E-state index in [4.69, 9.17) is 4.74 Å². The fourth-order valence-electron chi connectivity index (χ4n) is 6.19. The summed E-state index contributed by atoms with van der Waals surface area (Å²) in [6, 6.07) is -0.715. The molecule has 0 saturated carbocycles. The lowest BCUT2D eigenvalue weighted by Crippen LogP contribution is -2.46. The minimum atomic E-state index is -0.798. The molecule has 0 aliphatic heterocycles. The van der Waals surface area contributed by atoms with E-state index >= 15 is 0 Å². The maximum absolute atomic E-state index is 13.0. The smallest absolute Gasteiger partial charge is 0.306 e. The molecule has 6 nitrogen and oxygen atoms in total. The highest BCUT2D eigenvalue weighted by atomic mass is 16.5. The van der Waals surface area contributed by atoms with Crippen LogP contribution in [0.3, 0.4) is 0 Å². The number of carbonyl (C=O) groups is 2. The van der Waals surface area contributed by atoms with Gasteiger partial charge in [0.15, 0.2) is 0 Å². The van der Waals surface area contributed by atoms with Crippen molar-refractivity contribution in [1.82, 2.24) is 5.32 Å². The van der Waals surface area contributed by atoms with E-state index in [1.54, 1.807) is 0 Å². The minimum Gasteiger partial charge on any atom is -0.462 e. The predicted molar refractivity (Wildman–Crippen MR) is 227 cm³/mol. The van der Waals surface area contributed by atoms with E-state index in [0.29, 0.717) is 25.7 Å². The summed E-state index contributed by atoms with van der Waals surface area (Å²) in [6.07, 6.45) is 48.7. The molecule has 53 heavy (non-hydrogen) atoms. The van der Waals surface area contributed by atoms with Crippen molar-refractivity contribution in [1.29, 1.82) is 0 Å². The molecule has 1 amide bonds. The third-order valence-electron chi connectivity index (χ3n) is 9.55. The Kier molecular flexibility index (Phi) is 38.9. The van der Waals surface area contributed by atoms with Crippen LogP contribution in [-0.2, 0) is 14.3 Å². The molecule has 0 radical (unpaired) electrons. The normalized spacial score (nSPS) is 14.0. The fourth-order valence-corrected chi connectivity index (χ4v) is 6.19. The summed E-state index contributed by atoms with van der Waals surface area (Å²) < 4.78 is 5.83. The number of unbranched alkanes of at least 4 members (excludes halogenated alkanes) is 16. The first-order chi connectivity index (χ1) is 26.0. The largest absolute Gasteiger partial charge is 0.462 e. The van der Waals surface area contributed by atoms with E-state index in [9.17, 15) is 19.8 Å². The van der Waals surface area contributed by atoms with Crippen LogP contribution in [0.2, 0.25) is 0 Å². The zero-order chi connectivity index (χ0) is 38.9. The van der Waals surface area contributed by atoms with E-state index < -0.39 is 18.2 Å². The average Bonchev–Trinajstić information content (AvgIpc) is 3.15. The molecule has 0 aromatic heterocycles. The van der Waals surface area contributed by atoms with Crippen LogP contribution in [0.5, 0.6) is 0 Å². The number of ether oxygens (including phenoxy) is 1. The van der Waals surface area contributed by atoms with Crippen LogP contribution >= 0.6 is 0 Å². The topological polar surface area (TPSA) is 95.9 Å². The van der Waals surface area contributed by atoms with Crippen LogP contribution in [0.4, 0.5) is 0 Å². The predicted octanol–water partition coefficient (Wildman–Crippen LogP) is 12.5. The van der Waals surface area contributed by atoms with Crippen molar-refractivity contribution in [3.05, 3.63) is 60.8 Å². The van der Waals surface area contributed by atoms with E-state index in [2.05, 4.69) is 86.8 Å². The molecule has 0 rings (SSSR count). The van der Waals surface area contributed by atoms with Crippen molar-refractivity contribution in [2.75, 3.05) is 6.61 Å². The van der Waals surface area contributed by atoms with Crippen LogP contribution in [0.25, 0.3) is 0 Å². The van der Waals surface area contributed by atoms with Crippen LogP contribution in [0, 0.1) is 0 Å². The number of allylic oxidation sites excluding steroid dienone is 10. The first-order valence-electron chi connectivity index (χ1n) is 22.0. The molecule has 0 bridgehead atoms. The molecule has 0 aromatic carbocycles. The van der Waals surface area contributed by atoms with Crippen molar-refractivity contribution in [2.45, 2.75) is 219 Å². The Morgan fingerprint density at radius 2 is 1.00 bits per heavy atom. The summed E-state index contributed by atoms with van der Waals surface area (Å²) in [6.45, 7) is 6.32. The number of hydrogen-bond donors (Lipinski definition) is 3. The summed E-state index contributed by atoms with van der Waals surface area (Å²) in [5.41, 5.74) is 0. The second-order valence-corrected chi connectivity index (χ2v) is 14.7. The highest BCUT2D eigenvalue weighted by Gasteiger charge is 2.24. The molecular weight excluding hydrogens is 659 g/mol. The first kappa shape index (κ1) is 50.6. The van der Waals surface area contributed by atoms with Gasteiger partial charge in [-0.1, -0.05) is 165 Å². The van der Waals surface area contributed by atoms with Gasteiger partial charge in [0.1, 0.15) is 6.10 Å². The maximum atomic E-state index is 13.0. The van der Waals surface area contributed by atoms with Gasteiger partial charge < -0.3 is 20.3 Å². The van der Waals surface area contributed by atoms with Gasteiger partial charge in [-0.25, -0.2) is 0 Å². The summed E-state index contributed by atoms with van der Waals surface area (Å²) in [7, 11) is 0. The van der Waals surface area contributed by atoms with Gasteiger partial charge in [0.25, 0.3) is 0 Å². The molecule has 0 aliphatic rings. The zero-order valence-corrected chi connectivity index (χ0v) is 34.6. The molecule has 0 saturated heterocycles. The molecule has 0 fully saturated rings. The molecule has 3 N–H and O–H groups in total. The van der Waals surface area contributed by atoms with Crippen molar-refractivity contribution in [3.8, 4) is 0 Å². The molecule has 306 valence electrons. The minimum absolute atomic E-state index is 0.0422. The monoisotopic (exact) mass is 742 g/mol. The molecule has 6 heteroatoms. The Hall–Kier alpha value is -2.44. The maximum Gasteiger partial charge on any atom is 0.306 e. The number of aliphatic hydroxyl groups excluding tert-OH is 2.